The maximum absolute atomic E-state index is 13.1. The van der Waals surface area contributed by atoms with Gasteiger partial charge in [0.15, 0.2) is 11.6 Å². The molecular formula is C25H26O4. The summed E-state index contributed by atoms with van der Waals surface area (Å²) in [5.74, 6) is 2.37. The number of fused-ring (bicyclic) bond motifs is 2. The van der Waals surface area contributed by atoms with Gasteiger partial charge in [0.1, 0.15) is 11.9 Å². The van der Waals surface area contributed by atoms with Crippen LogP contribution in [0.2, 0.25) is 0 Å². The number of hydrogen-bond acceptors (Lipinski definition) is 4. The van der Waals surface area contributed by atoms with Crippen molar-refractivity contribution < 1.29 is 19.1 Å². The maximum Gasteiger partial charge on any atom is 0.166 e. The highest BCUT2D eigenvalue weighted by atomic mass is 16.5. The van der Waals surface area contributed by atoms with Crippen LogP contribution in [0.1, 0.15) is 64.4 Å². The molecule has 2 heterocycles. The third-order valence-electron chi connectivity index (χ3n) is 6.88. The molecular weight excluding hydrogens is 364 g/mol. The lowest BCUT2D eigenvalue weighted by molar-refractivity contribution is 0.0950. The van der Waals surface area contributed by atoms with E-state index in [1.54, 1.807) is 6.07 Å². The largest absolute Gasteiger partial charge is 0.489 e. The molecule has 1 aliphatic carbocycles. The molecule has 2 aliphatic heterocycles. The average molecular weight is 390 g/mol. The predicted molar refractivity (Wildman–Crippen MR) is 110 cm³/mol. The highest BCUT2D eigenvalue weighted by Gasteiger charge is 2.54. The number of hydrogen-bond donors (Lipinski definition) is 0. The van der Waals surface area contributed by atoms with Gasteiger partial charge in [0.05, 0.1) is 18.8 Å². The van der Waals surface area contributed by atoms with Crippen LogP contribution in [0.3, 0.4) is 0 Å². The minimum atomic E-state index is -0.0823. The van der Waals surface area contributed by atoms with E-state index in [1.807, 2.05) is 38.1 Å². The van der Waals surface area contributed by atoms with Gasteiger partial charge in [-0.2, -0.15) is 0 Å². The van der Waals surface area contributed by atoms with E-state index in [0.717, 1.165) is 24.3 Å². The minimum absolute atomic E-state index is 0.0218. The van der Waals surface area contributed by atoms with E-state index in [9.17, 15) is 9.59 Å². The molecule has 1 saturated carbocycles. The van der Waals surface area contributed by atoms with Crippen LogP contribution >= 0.6 is 0 Å². The summed E-state index contributed by atoms with van der Waals surface area (Å²) in [6.45, 7) is 5.45. The van der Waals surface area contributed by atoms with Gasteiger partial charge in [-0.25, -0.2) is 0 Å². The molecule has 1 saturated heterocycles. The molecule has 0 spiro atoms. The van der Waals surface area contributed by atoms with Crippen molar-refractivity contribution in [1.29, 1.82) is 0 Å². The summed E-state index contributed by atoms with van der Waals surface area (Å²) in [4.78, 5) is 25.8. The van der Waals surface area contributed by atoms with Crippen LogP contribution in [0.15, 0.2) is 42.5 Å². The van der Waals surface area contributed by atoms with Crippen LogP contribution in [0.4, 0.5) is 0 Å². The van der Waals surface area contributed by atoms with Gasteiger partial charge in [0.2, 0.25) is 0 Å². The van der Waals surface area contributed by atoms with E-state index in [1.165, 1.54) is 0 Å². The Hall–Kier alpha value is -2.46. The normalized spacial score (nSPS) is 29.1. The first-order valence-corrected chi connectivity index (χ1v) is 10.6. The highest BCUT2D eigenvalue weighted by molar-refractivity contribution is 6.04. The van der Waals surface area contributed by atoms with E-state index in [-0.39, 0.29) is 23.6 Å². The number of Topliss-reactive ketones (excluding diaryl/α,β-unsaturated/α-hetero) is 2. The van der Waals surface area contributed by atoms with E-state index in [2.05, 4.69) is 12.1 Å². The fraction of sp³-hybridized carbons (Fsp3) is 0.440. The van der Waals surface area contributed by atoms with Gasteiger partial charge in [-0.05, 0) is 42.4 Å². The first-order chi connectivity index (χ1) is 14.1. The Morgan fingerprint density at radius 1 is 1.03 bits per heavy atom. The minimum Gasteiger partial charge on any atom is -0.489 e. The molecule has 3 aliphatic rings. The smallest absolute Gasteiger partial charge is 0.166 e. The lowest BCUT2D eigenvalue weighted by Crippen LogP contribution is -2.15. The van der Waals surface area contributed by atoms with Crippen molar-refractivity contribution in [2.24, 2.45) is 17.8 Å². The second kappa shape index (κ2) is 7.10. The van der Waals surface area contributed by atoms with Gasteiger partial charge in [0.25, 0.3) is 0 Å². The molecule has 2 fully saturated rings. The SMILES string of the molecule is CCC(=O)c1cc(C(=O)CC2[C@H]3COC[C@@H]23)cc2c1O[C@H](C)[C@H]2c1ccccc1. The Labute approximate surface area is 171 Å². The third kappa shape index (κ3) is 3.10. The zero-order chi connectivity index (χ0) is 20.1. The molecule has 2 aromatic carbocycles. The summed E-state index contributed by atoms with van der Waals surface area (Å²) < 4.78 is 11.6. The standard InChI is InChI=1S/C25H26O4/c1-3-22(26)18-9-16(23(27)11-17-20-12-28-13-21(17)20)10-19-24(14(2)29-25(18)19)15-7-5-4-6-8-15/h4-10,14,17,20-21,24H,3,11-13H2,1-2H3/t14-,17?,20-,21+,24+/m1/s1. The molecule has 0 aromatic heterocycles. The fourth-order valence-corrected chi connectivity index (χ4v) is 5.18. The zero-order valence-corrected chi connectivity index (χ0v) is 16.9. The van der Waals surface area contributed by atoms with Gasteiger partial charge >= 0.3 is 0 Å². The van der Waals surface area contributed by atoms with Crippen molar-refractivity contribution >= 4 is 11.6 Å². The fourth-order valence-electron chi connectivity index (χ4n) is 5.18. The molecule has 29 heavy (non-hydrogen) atoms. The van der Waals surface area contributed by atoms with Gasteiger partial charge in [-0.3, -0.25) is 9.59 Å². The lowest BCUT2D eigenvalue weighted by atomic mass is 9.85. The molecule has 150 valence electrons. The van der Waals surface area contributed by atoms with Crippen LogP contribution in [0.5, 0.6) is 5.75 Å². The van der Waals surface area contributed by atoms with E-state index < -0.39 is 0 Å². The maximum atomic E-state index is 13.1. The Morgan fingerprint density at radius 3 is 2.45 bits per heavy atom. The number of rotatable bonds is 6. The second-order valence-corrected chi connectivity index (χ2v) is 8.59. The second-order valence-electron chi connectivity index (χ2n) is 8.59. The van der Waals surface area contributed by atoms with E-state index >= 15 is 0 Å². The van der Waals surface area contributed by atoms with Crippen LogP contribution in [0, 0.1) is 17.8 Å². The average Bonchev–Trinajstić information content (AvgIpc) is 3.08. The molecule has 2 aromatic rings. The Kier molecular flexibility index (Phi) is 4.54. The zero-order valence-electron chi connectivity index (χ0n) is 16.9. The molecule has 5 rings (SSSR count). The summed E-state index contributed by atoms with van der Waals surface area (Å²) in [7, 11) is 0. The van der Waals surface area contributed by atoms with Crippen LogP contribution in [-0.2, 0) is 4.74 Å². The van der Waals surface area contributed by atoms with Crippen molar-refractivity contribution in [2.45, 2.75) is 38.7 Å². The van der Waals surface area contributed by atoms with E-state index in [0.29, 0.717) is 47.5 Å². The van der Waals surface area contributed by atoms with Crippen molar-refractivity contribution in [3.63, 3.8) is 0 Å². The van der Waals surface area contributed by atoms with Gasteiger partial charge in [-0.1, -0.05) is 37.3 Å². The Balaban J connectivity index is 1.53. The molecule has 0 radical (unpaired) electrons. The first kappa shape index (κ1) is 18.6. The van der Waals surface area contributed by atoms with Crippen molar-refractivity contribution in [2.75, 3.05) is 13.2 Å². The monoisotopic (exact) mass is 390 g/mol. The van der Waals surface area contributed by atoms with Crippen molar-refractivity contribution in [1.82, 2.24) is 0 Å². The van der Waals surface area contributed by atoms with Crippen molar-refractivity contribution in [3.8, 4) is 5.75 Å². The molecule has 4 nitrogen and oxygen atoms in total. The van der Waals surface area contributed by atoms with E-state index in [4.69, 9.17) is 9.47 Å². The third-order valence-corrected chi connectivity index (χ3v) is 6.88. The number of carbonyl (C=O) groups is 2. The highest BCUT2D eigenvalue weighted by Crippen LogP contribution is 2.53. The summed E-state index contributed by atoms with van der Waals surface area (Å²) in [6, 6.07) is 13.9. The van der Waals surface area contributed by atoms with Crippen LogP contribution in [0.25, 0.3) is 0 Å². The molecule has 0 amide bonds. The summed E-state index contributed by atoms with van der Waals surface area (Å²) in [6.07, 6.45) is 0.854. The van der Waals surface area contributed by atoms with Crippen LogP contribution < -0.4 is 4.74 Å². The number of ketones is 2. The Morgan fingerprint density at radius 2 is 1.76 bits per heavy atom. The molecule has 1 unspecified atom stereocenters. The van der Waals surface area contributed by atoms with Crippen LogP contribution in [-0.4, -0.2) is 30.9 Å². The molecule has 0 N–H and O–H groups in total. The number of ether oxygens (including phenoxy) is 2. The lowest BCUT2D eigenvalue weighted by Gasteiger charge is -2.15. The topological polar surface area (TPSA) is 52.6 Å². The number of carbonyl (C=O) groups excluding carboxylic acids is 2. The Bertz CT molecular complexity index is 954. The molecule has 5 atom stereocenters. The summed E-state index contributed by atoms with van der Waals surface area (Å²) >= 11 is 0. The first-order valence-electron chi connectivity index (χ1n) is 10.6. The predicted octanol–water partition coefficient (Wildman–Crippen LogP) is 4.66. The number of benzene rings is 2. The molecule has 4 heteroatoms. The van der Waals surface area contributed by atoms with Gasteiger partial charge in [-0.15, -0.1) is 0 Å². The quantitative estimate of drug-likeness (QED) is 0.674. The van der Waals surface area contributed by atoms with Gasteiger partial charge in [0, 0.05) is 29.9 Å². The van der Waals surface area contributed by atoms with Gasteiger partial charge < -0.3 is 9.47 Å². The van der Waals surface area contributed by atoms with Crippen molar-refractivity contribution in [3.05, 3.63) is 64.7 Å². The summed E-state index contributed by atoms with van der Waals surface area (Å²) in [5, 5.41) is 0. The molecule has 0 bridgehead atoms. The summed E-state index contributed by atoms with van der Waals surface area (Å²) in [5.41, 5.74) is 3.31.